The highest BCUT2D eigenvalue weighted by Gasteiger charge is 2.40. The molecule has 12 heteroatoms. The van der Waals surface area contributed by atoms with Crippen molar-refractivity contribution >= 4 is 5.91 Å². The van der Waals surface area contributed by atoms with Crippen LogP contribution in [0.15, 0.2) is 23.1 Å². The predicted molar refractivity (Wildman–Crippen MR) is 97.9 cm³/mol. The summed E-state index contributed by atoms with van der Waals surface area (Å²) in [6.45, 7) is 0.869. The van der Waals surface area contributed by atoms with Crippen LogP contribution >= 0.6 is 0 Å². The van der Waals surface area contributed by atoms with E-state index in [0.717, 1.165) is 21.8 Å². The minimum atomic E-state index is -4.58. The van der Waals surface area contributed by atoms with Gasteiger partial charge in [0.1, 0.15) is 17.6 Å². The van der Waals surface area contributed by atoms with Gasteiger partial charge in [0.15, 0.2) is 12.3 Å². The van der Waals surface area contributed by atoms with E-state index >= 15 is 0 Å². The van der Waals surface area contributed by atoms with Crippen LogP contribution in [0, 0.1) is 0 Å². The van der Waals surface area contributed by atoms with E-state index in [1.807, 2.05) is 0 Å². The number of pyridine rings is 1. The highest BCUT2D eigenvalue weighted by molar-refractivity contribution is 5.81. The molecule has 1 fully saturated rings. The van der Waals surface area contributed by atoms with Crippen molar-refractivity contribution in [3.63, 3.8) is 0 Å². The molecule has 2 aromatic rings. The molecule has 0 radical (unpaired) electrons. The Morgan fingerprint density at radius 3 is 2.45 bits per heavy atom. The SMILES string of the molecule is C[C@H](c1ccc(C(F)(F)F)nc1)n1nc2n(c1=O)[C@H](C(=O)N1C[C@@H](F)[C@@H](F)C1)CCC2. The van der Waals surface area contributed by atoms with Gasteiger partial charge in [-0.25, -0.2) is 18.3 Å². The molecule has 4 atom stereocenters. The van der Waals surface area contributed by atoms with Crippen molar-refractivity contribution < 1.29 is 26.7 Å². The molecule has 4 heterocycles. The van der Waals surface area contributed by atoms with Crippen molar-refractivity contribution in [2.75, 3.05) is 13.1 Å². The third kappa shape index (κ3) is 3.83. The number of hydrogen-bond donors (Lipinski definition) is 0. The fraction of sp³-hybridized carbons (Fsp3) is 0.579. The van der Waals surface area contributed by atoms with Crippen molar-refractivity contribution in [1.82, 2.24) is 24.2 Å². The van der Waals surface area contributed by atoms with Gasteiger partial charge in [0.05, 0.1) is 19.1 Å². The van der Waals surface area contributed by atoms with Gasteiger partial charge < -0.3 is 4.90 Å². The van der Waals surface area contributed by atoms with Gasteiger partial charge >= 0.3 is 11.9 Å². The molecule has 168 valence electrons. The van der Waals surface area contributed by atoms with Gasteiger partial charge in [-0.1, -0.05) is 6.07 Å². The Hall–Kier alpha value is -2.79. The lowest BCUT2D eigenvalue weighted by molar-refractivity contribution is -0.141. The number of likely N-dealkylation sites (tertiary alicyclic amines) is 1. The third-order valence-corrected chi connectivity index (χ3v) is 5.80. The number of nitrogens with zero attached hydrogens (tertiary/aromatic N) is 5. The maximum atomic E-state index is 13.5. The van der Waals surface area contributed by atoms with E-state index < -0.39 is 47.9 Å². The molecule has 7 nitrogen and oxygen atoms in total. The van der Waals surface area contributed by atoms with Crippen molar-refractivity contribution in [3.05, 3.63) is 45.9 Å². The Bertz CT molecular complexity index is 1020. The second kappa shape index (κ2) is 7.72. The molecule has 2 aliphatic heterocycles. The molecule has 1 saturated heterocycles. The third-order valence-electron chi connectivity index (χ3n) is 5.80. The van der Waals surface area contributed by atoms with Gasteiger partial charge in [0, 0.05) is 12.6 Å². The number of carbonyl (C=O) groups is 1. The molecular weight excluding hydrogens is 425 g/mol. The molecule has 0 spiro atoms. The summed E-state index contributed by atoms with van der Waals surface area (Å²) in [7, 11) is 0. The van der Waals surface area contributed by atoms with Crippen LogP contribution in [0.5, 0.6) is 0 Å². The summed E-state index contributed by atoms with van der Waals surface area (Å²) in [5.74, 6) is -0.177. The van der Waals surface area contributed by atoms with E-state index in [9.17, 15) is 31.5 Å². The van der Waals surface area contributed by atoms with Crippen LogP contribution in [0.2, 0.25) is 0 Å². The molecule has 31 heavy (non-hydrogen) atoms. The summed E-state index contributed by atoms with van der Waals surface area (Å²) in [6.07, 6.45) is -5.72. The summed E-state index contributed by atoms with van der Waals surface area (Å²) in [5.41, 5.74) is -1.31. The molecule has 1 amide bonds. The van der Waals surface area contributed by atoms with Gasteiger partial charge in [-0.05, 0) is 31.4 Å². The number of aromatic nitrogens is 4. The number of alkyl halides is 5. The first-order valence-electron chi connectivity index (χ1n) is 9.88. The summed E-state index contributed by atoms with van der Waals surface area (Å²) in [4.78, 5) is 30.4. The monoisotopic (exact) mass is 445 g/mol. The Balaban J connectivity index is 1.63. The first-order chi connectivity index (χ1) is 14.6. The van der Waals surface area contributed by atoms with Gasteiger partial charge in [-0.2, -0.15) is 18.3 Å². The largest absolute Gasteiger partial charge is 0.433 e. The molecule has 0 aliphatic carbocycles. The lowest BCUT2D eigenvalue weighted by Crippen LogP contribution is -2.42. The van der Waals surface area contributed by atoms with Crippen LogP contribution in [0.3, 0.4) is 0 Å². The normalized spacial score (nSPS) is 24.8. The highest BCUT2D eigenvalue weighted by Crippen LogP contribution is 2.30. The topological polar surface area (TPSA) is 73.0 Å². The van der Waals surface area contributed by atoms with Gasteiger partial charge in [-0.3, -0.25) is 14.3 Å². The maximum absolute atomic E-state index is 13.5. The zero-order valence-electron chi connectivity index (χ0n) is 16.5. The van der Waals surface area contributed by atoms with Gasteiger partial charge in [-0.15, -0.1) is 0 Å². The highest BCUT2D eigenvalue weighted by atomic mass is 19.4. The van der Waals surface area contributed by atoms with Gasteiger partial charge in [0.25, 0.3) is 0 Å². The number of amides is 1. The van der Waals surface area contributed by atoms with E-state index in [2.05, 4.69) is 10.1 Å². The van der Waals surface area contributed by atoms with Crippen LogP contribution in [0.25, 0.3) is 0 Å². The second-order valence-corrected chi connectivity index (χ2v) is 7.85. The number of rotatable bonds is 3. The van der Waals surface area contributed by atoms with Crippen LogP contribution in [-0.2, 0) is 17.4 Å². The quantitative estimate of drug-likeness (QED) is 0.681. The van der Waals surface area contributed by atoms with Gasteiger partial charge in [0.2, 0.25) is 5.91 Å². The molecular formula is C19H20F5N5O2. The van der Waals surface area contributed by atoms with E-state index in [1.54, 1.807) is 6.92 Å². The number of fused-ring (bicyclic) bond motifs is 1. The first kappa shape index (κ1) is 21.4. The van der Waals surface area contributed by atoms with E-state index in [-0.39, 0.29) is 13.1 Å². The predicted octanol–water partition coefficient (Wildman–Crippen LogP) is 2.46. The first-order valence-corrected chi connectivity index (χ1v) is 9.88. The average molecular weight is 445 g/mol. The van der Waals surface area contributed by atoms with E-state index in [1.165, 1.54) is 10.6 Å². The Kier molecular flexibility index (Phi) is 5.34. The Labute approximate surface area is 173 Å². The Morgan fingerprint density at radius 2 is 1.87 bits per heavy atom. The molecule has 2 aromatic heterocycles. The summed E-state index contributed by atoms with van der Waals surface area (Å²) < 4.78 is 67.6. The molecule has 2 aliphatic rings. The van der Waals surface area contributed by atoms with Crippen LogP contribution in [-0.4, -0.2) is 55.6 Å². The van der Waals surface area contributed by atoms with Crippen LogP contribution in [0.4, 0.5) is 22.0 Å². The zero-order valence-corrected chi connectivity index (χ0v) is 16.5. The van der Waals surface area contributed by atoms with Crippen molar-refractivity contribution in [2.45, 2.75) is 56.8 Å². The smallest absolute Gasteiger partial charge is 0.335 e. The lowest BCUT2D eigenvalue weighted by Gasteiger charge is -2.26. The second-order valence-electron chi connectivity index (χ2n) is 7.85. The van der Waals surface area contributed by atoms with E-state index in [4.69, 9.17) is 0 Å². The summed E-state index contributed by atoms with van der Waals surface area (Å²) in [6, 6.07) is 0.405. The van der Waals surface area contributed by atoms with Crippen molar-refractivity contribution in [1.29, 1.82) is 0 Å². The molecule has 0 bridgehead atoms. The molecule has 0 aromatic carbocycles. The zero-order chi connectivity index (χ0) is 22.5. The number of aryl methyl sites for hydroxylation is 1. The molecule has 0 unspecified atom stereocenters. The fourth-order valence-electron chi connectivity index (χ4n) is 4.06. The summed E-state index contributed by atoms with van der Waals surface area (Å²) >= 11 is 0. The number of halogens is 5. The van der Waals surface area contributed by atoms with Crippen molar-refractivity contribution in [3.8, 4) is 0 Å². The minimum Gasteiger partial charge on any atom is -0.335 e. The Morgan fingerprint density at radius 1 is 1.19 bits per heavy atom. The van der Waals surface area contributed by atoms with Crippen LogP contribution in [0.1, 0.15) is 48.9 Å². The molecule has 0 N–H and O–H groups in total. The lowest BCUT2D eigenvalue weighted by atomic mass is 10.0. The summed E-state index contributed by atoms with van der Waals surface area (Å²) in [5, 5.41) is 4.29. The van der Waals surface area contributed by atoms with E-state index in [0.29, 0.717) is 30.7 Å². The number of hydrogen-bond acceptors (Lipinski definition) is 4. The van der Waals surface area contributed by atoms with Crippen molar-refractivity contribution in [2.24, 2.45) is 0 Å². The molecule has 0 saturated carbocycles. The molecule has 4 rings (SSSR count). The fourth-order valence-corrected chi connectivity index (χ4v) is 4.06. The standard InChI is InChI=1S/C19H20F5N5O2/c1-10(11-5-6-15(25-7-11)19(22,23)24)29-18(31)28-14(3-2-4-16(28)26-29)17(30)27-8-12(20)13(21)9-27/h5-7,10,12-14H,2-4,8-9H2,1H3/t10-,12-,13+,14+/m1/s1. The minimum absolute atomic E-state index is 0.331. The average Bonchev–Trinajstić information content (AvgIpc) is 3.25. The maximum Gasteiger partial charge on any atom is 0.433 e. The van der Waals surface area contributed by atoms with Crippen LogP contribution < -0.4 is 5.69 Å². The number of carbonyl (C=O) groups excluding carboxylic acids is 1.